The van der Waals surface area contributed by atoms with Crippen LogP contribution < -0.4 is 20.1 Å². The zero-order valence-corrected chi connectivity index (χ0v) is 14.7. The number of carbonyl (C=O) groups excluding carboxylic acids is 1. The summed E-state index contributed by atoms with van der Waals surface area (Å²) in [4.78, 5) is 22.9. The van der Waals surface area contributed by atoms with Gasteiger partial charge in [0.25, 0.3) is 0 Å². The molecule has 25 heavy (non-hydrogen) atoms. The van der Waals surface area contributed by atoms with Gasteiger partial charge in [0.2, 0.25) is 0 Å². The molecule has 0 aromatic heterocycles. The summed E-state index contributed by atoms with van der Waals surface area (Å²) in [6.07, 6.45) is 2.41. The molecule has 1 saturated carbocycles. The Hall–Kier alpha value is -2.44. The summed E-state index contributed by atoms with van der Waals surface area (Å²) in [5, 5.41) is 14.7. The lowest BCUT2D eigenvalue weighted by Gasteiger charge is -2.27. The highest BCUT2D eigenvalue weighted by atomic mass is 16.5. The molecule has 1 aliphatic carbocycles. The number of hydrogen-bond donors (Lipinski definition) is 3. The smallest absolute Gasteiger partial charge is 0.315 e. The second-order valence-corrected chi connectivity index (χ2v) is 6.35. The van der Waals surface area contributed by atoms with Crippen LogP contribution in [0.4, 0.5) is 4.79 Å². The molecule has 2 amide bonds. The van der Waals surface area contributed by atoms with E-state index in [2.05, 4.69) is 10.6 Å². The van der Waals surface area contributed by atoms with Crippen molar-refractivity contribution in [1.82, 2.24) is 10.6 Å². The Balaban J connectivity index is 1.68. The number of ether oxygens (including phenoxy) is 2. The predicted octanol–water partition coefficient (Wildman–Crippen LogP) is 2.41. The van der Waals surface area contributed by atoms with Crippen molar-refractivity contribution in [2.75, 3.05) is 13.7 Å². The minimum Gasteiger partial charge on any atom is -0.497 e. The molecule has 1 aromatic rings. The first kappa shape index (κ1) is 18.9. The van der Waals surface area contributed by atoms with Gasteiger partial charge in [-0.2, -0.15) is 0 Å². The Morgan fingerprint density at radius 2 is 1.92 bits per heavy atom. The number of nitrogens with one attached hydrogen (secondary N) is 2. The largest absolute Gasteiger partial charge is 0.497 e. The molecule has 0 bridgehead atoms. The average Bonchev–Trinajstić information content (AvgIpc) is 2.60. The highest BCUT2D eigenvalue weighted by molar-refractivity contribution is 5.74. The van der Waals surface area contributed by atoms with E-state index in [4.69, 9.17) is 14.6 Å². The maximum absolute atomic E-state index is 12.0. The van der Waals surface area contributed by atoms with Gasteiger partial charge in [-0.25, -0.2) is 4.79 Å². The molecule has 0 saturated heterocycles. The molecule has 138 valence electrons. The van der Waals surface area contributed by atoms with E-state index in [9.17, 15) is 9.59 Å². The molecule has 1 fully saturated rings. The Labute approximate surface area is 147 Å². The van der Waals surface area contributed by atoms with Gasteiger partial charge in [-0.05, 0) is 44.7 Å². The number of methoxy groups -OCH3 is 1. The van der Waals surface area contributed by atoms with Gasteiger partial charge in [-0.3, -0.25) is 4.79 Å². The molecule has 0 aliphatic heterocycles. The second-order valence-electron chi connectivity index (χ2n) is 6.35. The maximum atomic E-state index is 12.0. The number of aliphatic carboxylic acids is 1. The standard InChI is InChI=1S/C18H26N2O5/c1-12(25-16-5-3-4-15(10-16)24-2)11-19-18(23)20-14-8-6-13(7-9-14)17(21)22/h3-5,10,12-14H,6-9,11H2,1-2H3,(H,21,22)(H2,19,20,23). The average molecular weight is 350 g/mol. The van der Waals surface area contributed by atoms with Crippen LogP contribution in [0, 0.1) is 5.92 Å². The third kappa shape index (κ3) is 6.17. The number of amides is 2. The van der Waals surface area contributed by atoms with E-state index in [1.54, 1.807) is 13.2 Å². The van der Waals surface area contributed by atoms with E-state index < -0.39 is 5.97 Å². The zero-order valence-electron chi connectivity index (χ0n) is 14.7. The van der Waals surface area contributed by atoms with Crippen molar-refractivity contribution >= 4 is 12.0 Å². The lowest BCUT2D eigenvalue weighted by atomic mass is 9.86. The summed E-state index contributed by atoms with van der Waals surface area (Å²) < 4.78 is 10.9. The highest BCUT2D eigenvalue weighted by Crippen LogP contribution is 2.24. The van der Waals surface area contributed by atoms with Crippen molar-refractivity contribution in [3.05, 3.63) is 24.3 Å². The summed E-state index contributed by atoms with van der Waals surface area (Å²) >= 11 is 0. The van der Waals surface area contributed by atoms with E-state index in [-0.39, 0.29) is 24.1 Å². The third-order valence-corrected chi connectivity index (χ3v) is 4.34. The van der Waals surface area contributed by atoms with Crippen LogP contribution in [0.1, 0.15) is 32.6 Å². The molecule has 1 aliphatic rings. The molecular formula is C18H26N2O5. The molecule has 0 heterocycles. The van der Waals surface area contributed by atoms with Crippen LogP contribution in [0.15, 0.2) is 24.3 Å². The molecule has 1 unspecified atom stereocenters. The monoisotopic (exact) mass is 350 g/mol. The van der Waals surface area contributed by atoms with Crippen LogP contribution in [-0.2, 0) is 4.79 Å². The number of rotatable bonds is 7. The number of carbonyl (C=O) groups is 2. The molecule has 0 spiro atoms. The third-order valence-electron chi connectivity index (χ3n) is 4.34. The summed E-state index contributed by atoms with van der Waals surface area (Å²) in [5.41, 5.74) is 0. The van der Waals surface area contributed by atoms with Gasteiger partial charge in [0.05, 0.1) is 19.6 Å². The first-order valence-corrected chi connectivity index (χ1v) is 8.55. The number of carboxylic acids is 1. The second kappa shape index (κ2) is 9.15. The van der Waals surface area contributed by atoms with E-state index in [1.165, 1.54) is 0 Å². The maximum Gasteiger partial charge on any atom is 0.315 e. The number of benzene rings is 1. The Morgan fingerprint density at radius 3 is 2.56 bits per heavy atom. The normalized spacial score (nSPS) is 21.0. The minimum absolute atomic E-state index is 0.0326. The van der Waals surface area contributed by atoms with Crippen molar-refractivity contribution in [3.63, 3.8) is 0 Å². The van der Waals surface area contributed by atoms with Crippen LogP contribution >= 0.6 is 0 Å². The first-order valence-electron chi connectivity index (χ1n) is 8.55. The summed E-state index contributed by atoms with van der Waals surface area (Å²) in [6, 6.07) is 7.08. The van der Waals surface area contributed by atoms with Crippen molar-refractivity contribution in [2.24, 2.45) is 5.92 Å². The van der Waals surface area contributed by atoms with E-state index in [0.717, 1.165) is 0 Å². The van der Waals surface area contributed by atoms with Crippen LogP contribution in [0.3, 0.4) is 0 Å². The van der Waals surface area contributed by atoms with Crippen molar-refractivity contribution in [2.45, 2.75) is 44.8 Å². The van der Waals surface area contributed by atoms with E-state index in [0.29, 0.717) is 43.7 Å². The zero-order chi connectivity index (χ0) is 18.2. The van der Waals surface area contributed by atoms with Gasteiger partial charge in [-0.15, -0.1) is 0 Å². The molecule has 7 nitrogen and oxygen atoms in total. The fourth-order valence-electron chi connectivity index (χ4n) is 2.91. The number of carboxylic acid groups (broad SMARTS) is 1. The summed E-state index contributed by atoms with van der Waals surface area (Å²) in [6.45, 7) is 2.24. The Bertz CT molecular complexity index is 585. The molecule has 7 heteroatoms. The van der Waals surface area contributed by atoms with Gasteiger partial charge < -0.3 is 25.2 Å². The van der Waals surface area contributed by atoms with Crippen LogP contribution in [0.25, 0.3) is 0 Å². The Morgan fingerprint density at radius 1 is 1.24 bits per heavy atom. The Kier molecular flexibility index (Phi) is 6.91. The fourth-order valence-corrected chi connectivity index (χ4v) is 2.91. The molecule has 3 N–H and O–H groups in total. The van der Waals surface area contributed by atoms with Crippen LogP contribution in [-0.4, -0.2) is 42.9 Å². The number of urea groups is 1. The molecule has 1 aromatic carbocycles. The van der Waals surface area contributed by atoms with Gasteiger partial charge in [-0.1, -0.05) is 6.07 Å². The lowest BCUT2D eigenvalue weighted by Crippen LogP contribution is -2.46. The first-order chi connectivity index (χ1) is 12.0. The highest BCUT2D eigenvalue weighted by Gasteiger charge is 2.26. The summed E-state index contributed by atoms with van der Waals surface area (Å²) in [5.74, 6) is 0.372. The minimum atomic E-state index is -0.744. The van der Waals surface area contributed by atoms with Gasteiger partial charge in [0.15, 0.2) is 0 Å². The lowest BCUT2D eigenvalue weighted by molar-refractivity contribution is -0.142. The van der Waals surface area contributed by atoms with Gasteiger partial charge in [0, 0.05) is 12.1 Å². The SMILES string of the molecule is COc1cccc(OC(C)CNC(=O)NC2CCC(C(=O)O)CC2)c1. The fraction of sp³-hybridized carbons (Fsp3) is 0.556. The van der Waals surface area contributed by atoms with Crippen molar-refractivity contribution in [3.8, 4) is 11.5 Å². The van der Waals surface area contributed by atoms with Gasteiger partial charge in [0.1, 0.15) is 17.6 Å². The predicted molar refractivity (Wildman–Crippen MR) is 93.0 cm³/mol. The summed E-state index contributed by atoms with van der Waals surface area (Å²) in [7, 11) is 1.60. The van der Waals surface area contributed by atoms with Crippen molar-refractivity contribution < 1.29 is 24.2 Å². The number of hydrogen-bond acceptors (Lipinski definition) is 4. The quantitative estimate of drug-likeness (QED) is 0.702. The van der Waals surface area contributed by atoms with Crippen LogP contribution in [0.2, 0.25) is 0 Å². The van der Waals surface area contributed by atoms with E-state index in [1.807, 2.05) is 25.1 Å². The van der Waals surface area contributed by atoms with Gasteiger partial charge >= 0.3 is 12.0 Å². The molecule has 1 atom stereocenters. The van der Waals surface area contributed by atoms with Crippen molar-refractivity contribution in [1.29, 1.82) is 0 Å². The molecule has 0 radical (unpaired) electrons. The van der Waals surface area contributed by atoms with E-state index >= 15 is 0 Å². The molecule has 2 rings (SSSR count). The molecular weight excluding hydrogens is 324 g/mol. The van der Waals surface area contributed by atoms with Crippen LogP contribution in [0.5, 0.6) is 11.5 Å². The topological polar surface area (TPSA) is 96.9 Å².